The lowest BCUT2D eigenvalue weighted by Crippen LogP contribution is -2.45. The molecule has 21 heavy (non-hydrogen) atoms. The van der Waals surface area contributed by atoms with Gasteiger partial charge in [-0.3, -0.25) is 15.1 Å². The molecule has 1 fully saturated rings. The summed E-state index contributed by atoms with van der Waals surface area (Å²) in [6.07, 6.45) is 0.572. The first-order valence-corrected chi connectivity index (χ1v) is 6.90. The van der Waals surface area contributed by atoms with Gasteiger partial charge in [-0.1, -0.05) is 60.7 Å². The van der Waals surface area contributed by atoms with Crippen LogP contribution in [0.5, 0.6) is 0 Å². The van der Waals surface area contributed by atoms with Crippen molar-refractivity contribution in [3.63, 3.8) is 0 Å². The monoisotopic (exact) mass is 279 g/mol. The van der Waals surface area contributed by atoms with E-state index in [1.165, 1.54) is 0 Å². The van der Waals surface area contributed by atoms with E-state index in [9.17, 15) is 4.79 Å². The molecule has 2 aromatic carbocycles. The van der Waals surface area contributed by atoms with Gasteiger partial charge in [0.2, 0.25) is 0 Å². The zero-order chi connectivity index (χ0) is 14.7. The predicted octanol–water partition coefficient (Wildman–Crippen LogP) is 1.83. The normalized spacial score (nSPS) is 22.9. The summed E-state index contributed by atoms with van der Waals surface area (Å²) in [6, 6.07) is 19.8. The van der Waals surface area contributed by atoms with E-state index < -0.39 is 5.54 Å². The van der Waals surface area contributed by atoms with Gasteiger partial charge in [-0.15, -0.1) is 0 Å². The van der Waals surface area contributed by atoms with Gasteiger partial charge in [-0.25, -0.2) is 0 Å². The SMILES string of the molecule is CN=C1NC(=O)C(Cc2ccccc2)(c2ccccc2)N1. The van der Waals surface area contributed by atoms with Crippen molar-refractivity contribution in [2.45, 2.75) is 12.0 Å². The second-order valence-corrected chi connectivity index (χ2v) is 5.09. The van der Waals surface area contributed by atoms with Crippen molar-refractivity contribution >= 4 is 11.9 Å². The van der Waals surface area contributed by atoms with Crippen molar-refractivity contribution < 1.29 is 4.79 Å². The average molecular weight is 279 g/mol. The van der Waals surface area contributed by atoms with E-state index in [0.29, 0.717) is 12.4 Å². The van der Waals surface area contributed by atoms with E-state index in [0.717, 1.165) is 11.1 Å². The highest BCUT2D eigenvalue weighted by atomic mass is 16.2. The minimum atomic E-state index is -0.808. The summed E-state index contributed by atoms with van der Waals surface area (Å²) in [4.78, 5) is 16.7. The largest absolute Gasteiger partial charge is 0.338 e. The molecule has 1 unspecified atom stereocenters. The zero-order valence-corrected chi connectivity index (χ0v) is 11.8. The van der Waals surface area contributed by atoms with E-state index >= 15 is 0 Å². The molecule has 1 heterocycles. The van der Waals surface area contributed by atoms with Crippen LogP contribution in [-0.4, -0.2) is 18.9 Å². The van der Waals surface area contributed by atoms with Gasteiger partial charge in [-0.05, 0) is 11.1 Å². The van der Waals surface area contributed by atoms with Crippen molar-refractivity contribution in [2.75, 3.05) is 7.05 Å². The number of amides is 1. The molecule has 1 atom stereocenters. The molecule has 4 nitrogen and oxygen atoms in total. The fraction of sp³-hybridized carbons (Fsp3) is 0.176. The second-order valence-electron chi connectivity index (χ2n) is 5.09. The highest BCUT2D eigenvalue weighted by molar-refractivity contribution is 6.09. The van der Waals surface area contributed by atoms with Gasteiger partial charge in [0.1, 0.15) is 5.54 Å². The second kappa shape index (κ2) is 5.40. The molecule has 0 aliphatic carbocycles. The molecule has 2 N–H and O–H groups in total. The summed E-state index contributed by atoms with van der Waals surface area (Å²) < 4.78 is 0. The molecule has 0 bridgehead atoms. The summed E-state index contributed by atoms with van der Waals surface area (Å²) in [5, 5.41) is 6.07. The number of hydrogen-bond acceptors (Lipinski definition) is 2. The minimum Gasteiger partial charge on any atom is -0.338 e. The molecule has 2 aromatic rings. The summed E-state index contributed by atoms with van der Waals surface area (Å²) in [7, 11) is 1.66. The van der Waals surface area contributed by atoms with Crippen molar-refractivity contribution in [1.82, 2.24) is 10.6 Å². The number of guanidine groups is 1. The Morgan fingerprint density at radius 3 is 2.19 bits per heavy atom. The third-order valence-electron chi connectivity index (χ3n) is 3.75. The molecule has 1 amide bonds. The Morgan fingerprint density at radius 2 is 1.62 bits per heavy atom. The van der Waals surface area contributed by atoms with Crippen LogP contribution in [0.2, 0.25) is 0 Å². The molecule has 106 valence electrons. The Labute approximate surface area is 123 Å². The third kappa shape index (κ3) is 2.40. The van der Waals surface area contributed by atoms with Crippen LogP contribution in [0.25, 0.3) is 0 Å². The number of aliphatic imine (C=N–C) groups is 1. The summed E-state index contributed by atoms with van der Waals surface area (Å²) >= 11 is 0. The van der Waals surface area contributed by atoms with Gasteiger partial charge < -0.3 is 5.32 Å². The van der Waals surface area contributed by atoms with Crippen molar-refractivity contribution in [1.29, 1.82) is 0 Å². The van der Waals surface area contributed by atoms with Crippen LogP contribution in [0.3, 0.4) is 0 Å². The lowest BCUT2D eigenvalue weighted by molar-refractivity contribution is -0.124. The number of nitrogens with one attached hydrogen (secondary N) is 2. The Morgan fingerprint density at radius 1 is 1.00 bits per heavy atom. The molecule has 0 aromatic heterocycles. The molecular weight excluding hydrogens is 262 g/mol. The van der Waals surface area contributed by atoms with Gasteiger partial charge >= 0.3 is 0 Å². The van der Waals surface area contributed by atoms with Crippen LogP contribution >= 0.6 is 0 Å². The van der Waals surface area contributed by atoms with Gasteiger partial charge in [0.15, 0.2) is 5.96 Å². The molecule has 1 aliphatic heterocycles. The van der Waals surface area contributed by atoms with Gasteiger partial charge in [0.25, 0.3) is 5.91 Å². The van der Waals surface area contributed by atoms with E-state index in [1.54, 1.807) is 7.05 Å². The number of carbonyl (C=O) groups excluding carboxylic acids is 1. The van der Waals surface area contributed by atoms with Gasteiger partial charge in [0.05, 0.1) is 0 Å². The topological polar surface area (TPSA) is 53.5 Å². The first kappa shape index (κ1) is 13.4. The third-order valence-corrected chi connectivity index (χ3v) is 3.75. The molecule has 4 heteroatoms. The fourth-order valence-corrected chi connectivity index (χ4v) is 2.67. The number of hydrogen-bond donors (Lipinski definition) is 2. The van der Waals surface area contributed by atoms with E-state index in [-0.39, 0.29) is 5.91 Å². The van der Waals surface area contributed by atoms with Crippen molar-refractivity contribution in [3.05, 3.63) is 71.8 Å². The molecular formula is C17H17N3O. The van der Waals surface area contributed by atoms with Crippen LogP contribution in [0.4, 0.5) is 0 Å². The highest BCUT2D eigenvalue weighted by Crippen LogP contribution is 2.29. The molecule has 0 spiro atoms. The zero-order valence-electron chi connectivity index (χ0n) is 11.8. The smallest absolute Gasteiger partial charge is 0.257 e. The van der Waals surface area contributed by atoms with Crippen LogP contribution in [0, 0.1) is 0 Å². The standard InChI is InChI=1S/C17H17N3O/c1-18-16-19-15(21)17(20-16,14-10-6-3-7-11-14)12-13-8-4-2-5-9-13/h2-11H,12H2,1H3,(H2,18,19,20,21). The maximum absolute atomic E-state index is 12.6. The molecule has 0 saturated carbocycles. The van der Waals surface area contributed by atoms with Crippen LogP contribution in [0.15, 0.2) is 65.7 Å². The summed E-state index contributed by atoms with van der Waals surface area (Å²) in [5.74, 6) is 0.443. The lowest BCUT2D eigenvalue weighted by Gasteiger charge is -2.27. The molecule has 1 saturated heterocycles. The maximum Gasteiger partial charge on any atom is 0.257 e. The summed E-state index contributed by atoms with van der Waals surface area (Å²) in [5.41, 5.74) is 1.23. The van der Waals surface area contributed by atoms with Crippen LogP contribution < -0.4 is 10.6 Å². The Kier molecular flexibility index (Phi) is 3.44. The Bertz CT molecular complexity index is 667. The Balaban J connectivity index is 2.06. The quantitative estimate of drug-likeness (QED) is 0.900. The first-order valence-electron chi connectivity index (χ1n) is 6.90. The van der Waals surface area contributed by atoms with Crippen LogP contribution in [-0.2, 0) is 16.8 Å². The first-order chi connectivity index (χ1) is 10.2. The predicted molar refractivity (Wildman–Crippen MR) is 82.9 cm³/mol. The Hall–Kier alpha value is -2.62. The van der Waals surface area contributed by atoms with Gasteiger partial charge in [0, 0.05) is 13.5 Å². The molecule has 0 radical (unpaired) electrons. The molecule has 1 aliphatic rings. The lowest BCUT2D eigenvalue weighted by atomic mass is 9.84. The number of carbonyl (C=O) groups is 1. The van der Waals surface area contributed by atoms with Crippen molar-refractivity contribution in [2.24, 2.45) is 4.99 Å². The van der Waals surface area contributed by atoms with Crippen LogP contribution in [0.1, 0.15) is 11.1 Å². The minimum absolute atomic E-state index is 0.0712. The average Bonchev–Trinajstić information content (AvgIpc) is 2.86. The number of benzene rings is 2. The molecule has 3 rings (SSSR count). The summed E-state index contributed by atoms with van der Waals surface area (Å²) in [6.45, 7) is 0. The highest BCUT2D eigenvalue weighted by Gasteiger charge is 2.46. The fourth-order valence-electron chi connectivity index (χ4n) is 2.67. The van der Waals surface area contributed by atoms with Gasteiger partial charge in [-0.2, -0.15) is 0 Å². The maximum atomic E-state index is 12.6. The number of nitrogens with zero attached hydrogens (tertiary/aromatic N) is 1. The van der Waals surface area contributed by atoms with E-state index in [4.69, 9.17) is 0 Å². The van der Waals surface area contributed by atoms with E-state index in [1.807, 2.05) is 60.7 Å². The number of rotatable bonds is 3. The van der Waals surface area contributed by atoms with E-state index in [2.05, 4.69) is 15.6 Å². The van der Waals surface area contributed by atoms with Crippen molar-refractivity contribution in [3.8, 4) is 0 Å².